The van der Waals surface area contributed by atoms with E-state index < -0.39 is 0 Å². The fraction of sp³-hybridized carbons (Fsp3) is 0.105. The SMILES string of the molecule is COc1cc2c(cc1C(N)c1ccccn1)oc1ccccc12. The monoisotopic (exact) mass is 304 g/mol. The van der Waals surface area contributed by atoms with Gasteiger partial charge in [-0.3, -0.25) is 4.98 Å². The highest BCUT2D eigenvalue weighted by molar-refractivity contribution is 6.05. The standard InChI is InChI=1S/C19H16N2O2/c1-22-17-10-13-12-6-2-3-8-16(12)23-18(13)11-14(17)19(20)15-7-4-5-9-21-15/h2-11,19H,20H2,1H3. The number of hydrogen-bond donors (Lipinski definition) is 1. The maximum atomic E-state index is 6.39. The van der Waals surface area contributed by atoms with Crippen LogP contribution in [0.15, 0.2) is 65.2 Å². The zero-order valence-corrected chi connectivity index (χ0v) is 12.7. The number of rotatable bonds is 3. The summed E-state index contributed by atoms with van der Waals surface area (Å²) in [7, 11) is 1.65. The number of methoxy groups -OCH3 is 1. The van der Waals surface area contributed by atoms with E-state index in [1.165, 1.54) is 0 Å². The van der Waals surface area contributed by atoms with Crippen molar-refractivity contribution in [1.82, 2.24) is 4.98 Å². The Bertz CT molecular complexity index is 977. The lowest BCUT2D eigenvalue weighted by molar-refractivity contribution is 0.408. The third-order valence-corrected chi connectivity index (χ3v) is 4.07. The van der Waals surface area contributed by atoms with Crippen molar-refractivity contribution >= 4 is 21.9 Å². The summed E-state index contributed by atoms with van der Waals surface area (Å²) >= 11 is 0. The Balaban J connectivity index is 1.94. The Morgan fingerprint density at radius 2 is 1.83 bits per heavy atom. The molecular formula is C19H16N2O2. The van der Waals surface area contributed by atoms with E-state index in [0.29, 0.717) is 0 Å². The van der Waals surface area contributed by atoms with Crippen LogP contribution in [0.5, 0.6) is 5.75 Å². The van der Waals surface area contributed by atoms with Crippen LogP contribution in [0.3, 0.4) is 0 Å². The molecule has 0 saturated carbocycles. The maximum Gasteiger partial charge on any atom is 0.136 e. The second-order valence-corrected chi connectivity index (χ2v) is 5.42. The van der Waals surface area contributed by atoms with E-state index in [1.54, 1.807) is 13.3 Å². The van der Waals surface area contributed by atoms with Crippen LogP contribution in [0, 0.1) is 0 Å². The largest absolute Gasteiger partial charge is 0.496 e. The van der Waals surface area contributed by atoms with E-state index in [-0.39, 0.29) is 6.04 Å². The van der Waals surface area contributed by atoms with Crippen molar-refractivity contribution in [3.05, 3.63) is 72.1 Å². The fourth-order valence-corrected chi connectivity index (χ4v) is 2.91. The first-order chi connectivity index (χ1) is 11.3. The maximum absolute atomic E-state index is 6.39. The molecule has 0 fully saturated rings. The van der Waals surface area contributed by atoms with E-state index in [4.69, 9.17) is 14.9 Å². The Morgan fingerprint density at radius 3 is 2.61 bits per heavy atom. The Labute approximate surface area is 133 Å². The van der Waals surface area contributed by atoms with Gasteiger partial charge in [0, 0.05) is 22.5 Å². The molecule has 0 amide bonds. The third-order valence-electron chi connectivity index (χ3n) is 4.07. The van der Waals surface area contributed by atoms with Crippen molar-refractivity contribution in [3.8, 4) is 5.75 Å². The van der Waals surface area contributed by atoms with Gasteiger partial charge < -0.3 is 14.9 Å². The number of furan rings is 1. The molecule has 0 radical (unpaired) electrons. The van der Waals surface area contributed by atoms with Crippen LogP contribution in [0.4, 0.5) is 0 Å². The van der Waals surface area contributed by atoms with Gasteiger partial charge in [0.15, 0.2) is 0 Å². The van der Waals surface area contributed by atoms with Crippen molar-refractivity contribution in [2.24, 2.45) is 5.73 Å². The number of aromatic nitrogens is 1. The molecule has 0 bridgehead atoms. The number of benzene rings is 2. The summed E-state index contributed by atoms with van der Waals surface area (Å²) in [6, 6.07) is 17.2. The van der Waals surface area contributed by atoms with Gasteiger partial charge in [-0.05, 0) is 30.3 Å². The van der Waals surface area contributed by atoms with Crippen LogP contribution in [0.25, 0.3) is 21.9 Å². The lowest BCUT2D eigenvalue weighted by atomic mass is 10.0. The Kier molecular flexibility index (Phi) is 3.24. The van der Waals surface area contributed by atoms with Gasteiger partial charge in [-0.1, -0.05) is 24.3 Å². The number of fused-ring (bicyclic) bond motifs is 3. The van der Waals surface area contributed by atoms with Crippen LogP contribution in [0.2, 0.25) is 0 Å². The van der Waals surface area contributed by atoms with Gasteiger partial charge >= 0.3 is 0 Å². The highest BCUT2D eigenvalue weighted by Gasteiger charge is 2.18. The molecule has 0 aliphatic carbocycles. The summed E-state index contributed by atoms with van der Waals surface area (Å²) in [6.45, 7) is 0. The number of ether oxygens (including phenoxy) is 1. The summed E-state index contributed by atoms with van der Waals surface area (Å²) in [5.41, 5.74) is 9.70. The van der Waals surface area contributed by atoms with Crippen molar-refractivity contribution < 1.29 is 9.15 Å². The van der Waals surface area contributed by atoms with Gasteiger partial charge in [-0.2, -0.15) is 0 Å². The summed E-state index contributed by atoms with van der Waals surface area (Å²) < 4.78 is 11.5. The highest BCUT2D eigenvalue weighted by Crippen LogP contribution is 2.36. The quantitative estimate of drug-likeness (QED) is 0.620. The van der Waals surface area contributed by atoms with E-state index in [1.807, 2.05) is 54.6 Å². The van der Waals surface area contributed by atoms with Crippen LogP contribution in [-0.4, -0.2) is 12.1 Å². The number of pyridine rings is 1. The zero-order valence-electron chi connectivity index (χ0n) is 12.7. The van der Waals surface area contributed by atoms with Gasteiger partial charge in [0.1, 0.15) is 16.9 Å². The topological polar surface area (TPSA) is 61.3 Å². The first kappa shape index (κ1) is 13.8. The summed E-state index contributed by atoms with van der Waals surface area (Å²) in [5, 5.41) is 2.09. The predicted octanol–water partition coefficient (Wildman–Crippen LogP) is 4.04. The second kappa shape index (κ2) is 5.41. The summed E-state index contributed by atoms with van der Waals surface area (Å²) in [5.74, 6) is 0.738. The number of hydrogen-bond acceptors (Lipinski definition) is 4. The minimum atomic E-state index is -0.372. The third kappa shape index (κ3) is 2.24. The van der Waals surface area contributed by atoms with Crippen molar-refractivity contribution in [2.45, 2.75) is 6.04 Å². The zero-order chi connectivity index (χ0) is 15.8. The van der Waals surface area contributed by atoms with Crippen LogP contribution >= 0.6 is 0 Å². The molecule has 0 spiro atoms. The molecule has 2 N–H and O–H groups in total. The first-order valence-corrected chi connectivity index (χ1v) is 7.43. The molecule has 0 aliphatic heterocycles. The molecule has 2 aromatic carbocycles. The van der Waals surface area contributed by atoms with Gasteiger partial charge in [-0.15, -0.1) is 0 Å². The van der Waals surface area contributed by atoms with Gasteiger partial charge in [0.25, 0.3) is 0 Å². The predicted molar refractivity (Wildman–Crippen MR) is 90.5 cm³/mol. The molecule has 4 rings (SSSR count). The molecule has 23 heavy (non-hydrogen) atoms. The average Bonchev–Trinajstić information content (AvgIpc) is 2.98. The molecule has 0 saturated heterocycles. The normalized spacial score (nSPS) is 12.6. The van der Waals surface area contributed by atoms with Crippen LogP contribution in [-0.2, 0) is 0 Å². The second-order valence-electron chi connectivity index (χ2n) is 5.42. The molecule has 1 atom stereocenters. The lowest BCUT2D eigenvalue weighted by Crippen LogP contribution is -2.14. The van der Waals surface area contributed by atoms with Gasteiger partial charge in [0.05, 0.1) is 18.8 Å². The molecular weight excluding hydrogens is 288 g/mol. The molecule has 4 heteroatoms. The molecule has 0 aliphatic rings. The minimum absolute atomic E-state index is 0.372. The summed E-state index contributed by atoms with van der Waals surface area (Å²) in [6.07, 6.45) is 1.74. The minimum Gasteiger partial charge on any atom is -0.496 e. The van der Waals surface area contributed by atoms with E-state index in [9.17, 15) is 0 Å². The molecule has 2 aromatic heterocycles. The number of para-hydroxylation sites is 1. The van der Waals surface area contributed by atoms with Crippen LogP contribution < -0.4 is 10.5 Å². The van der Waals surface area contributed by atoms with Crippen molar-refractivity contribution in [2.75, 3.05) is 7.11 Å². The Morgan fingerprint density at radius 1 is 1.00 bits per heavy atom. The molecule has 4 nitrogen and oxygen atoms in total. The van der Waals surface area contributed by atoms with Gasteiger partial charge in [-0.25, -0.2) is 0 Å². The van der Waals surface area contributed by atoms with E-state index >= 15 is 0 Å². The average molecular weight is 304 g/mol. The van der Waals surface area contributed by atoms with E-state index in [0.717, 1.165) is 38.9 Å². The fourth-order valence-electron chi connectivity index (χ4n) is 2.91. The van der Waals surface area contributed by atoms with Crippen molar-refractivity contribution in [3.63, 3.8) is 0 Å². The smallest absolute Gasteiger partial charge is 0.136 e. The van der Waals surface area contributed by atoms with Gasteiger partial charge in [0.2, 0.25) is 0 Å². The van der Waals surface area contributed by atoms with E-state index in [2.05, 4.69) is 4.98 Å². The Hall–Kier alpha value is -2.85. The first-order valence-electron chi connectivity index (χ1n) is 7.43. The van der Waals surface area contributed by atoms with Crippen molar-refractivity contribution in [1.29, 1.82) is 0 Å². The lowest BCUT2D eigenvalue weighted by Gasteiger charge is -2.15. The summed E-state index contributed by atoms with van der Waals surface area (Å²) in [4.78, 5) is 4.34. The molecule has 1 unspecified atom stereocenters. The number of nitrogens with zero attached hydrogens (tertiary/aromatic N) is 1. The molecule has 4 aromatic rings. The molecule has 2 heterocycles. The molecule has 114 valence electrons. The number of nitrogens with two attached hydrogens (primary N) is 1. The van der Waals surface area contributed by atoms with Crippen LogP contribution in [0.1, 0.15) is 17.3 Å². The highest BCUT2D eigenvalue weighted by atomic mass is 16.5.